The Hall–Kier alpha value is -1.51. The minimum absolute atomic E-state index is 0.195. The zero-order valence-corrected chi connectivity index (χ0v) is 15.2. The fraction of sp³-hybridized carbons (Fsp3) is 0.571. The molecule has 0 aromatic heterocycles. The van der Waals surface area contributed by atoms with Crippen LogP contribution >= 0.6 is 7.82 Å². The maximum Gasteiger partial charge on any atom is 0.473 e. The summed E-state index contributed by atoms with van der Waals surface area (Å²) in [5.41, 5.74) is 0.195. The number of carbonyl (C=O) groups excluding carboxylic acids is 1. The van der Waals surface area contributed by atoms with Crippen LogP contribution in [-0.4, -0.2) is 73.4 Å². The van der Waals surface area contributed by atoms with Gasteiger partial charge in [-0.1, -0.05) is 6.58 Å². The van der Waals surface area contributed by atoms with Crippen LogP contribution in [-0.2, 0) is 27.9 Å². The van der Waals surface area contributed by atoms with Crippen molar-refractivity contribution in [2.24, 2.45) is 0 Å². The second-order valence-corrected chi connectivity index (χ2v) is 7.44. The van der Waals surface area contributed by atoms with Gasteiger partial charge < -0.3 is 19.2 Å². The third kappa shape index (κ3) is 12.0. The number of rotatable bonds is 11. The van der Waals surface area contributed by atoms with E-state index in [1.54, 1.807) is 0 Å². The number of likely N-dealkylation sites (N-methyl/N-ethyl adjacent to an activating group) is 1. The Morgan fingerprint density at radius 1 is 1.29 bits per heavy atom. The zero-order valence-electron chi connectivity index (χ0n) is 14.3. The number of phosphoric ester groups is 1. The molecule has 0 aliphatic rings. The van der Waals surface area contributed by atoms with Crippen molar-refractivity contribution in [2.45, 2.75) is 13.0 Å². The minimum atomic E-state index is -4.45. The van der Waals surface area contributed by atoms with Crippen LogP contribution in [0.2, 0.25) is 0 Å². The number of carboxylic acids is 1. The van der Waals surface area contributed by atoms with E-state index >= 15 is 0 Å². The van der Waals surface area contributed by atoms with Crippen LogP contribution in [0.5, 0.6) is 0 Å². The highest BCUT2D eigenvalue weighted by Gasteiger charge is 2.29. The molecule has 0 saturated heterocycles. The number of carbonyl (C=O) groups is 2. The van der Waals surface area contributed by atoms with Gasteiger partial charge in [0.2, 0.25) is 0 Å². The molecule has 2 N–H and O–H groups in total. The van der Waals surface area contributed by atoms with Gasteiger partial charge in [0, 0.05) is 11.6 Å². The predicted octanol–water partition coefficient (Wildman–Crippen LogP) is 0.955. The van der Waals surface area contributed by atoms with Crippen LogP contribution < -0.4 is 0 Å². The Morgan fingerprint density at radius 2 is 1.88 bits per heavy atom. The highest BCUT2D eigenvalue weighted by molar-refractivity contribution is 7.47. The van der Waals surface area contributed by atoms with E-state index in [1.807, 2.05) is 21.1 Å². The molecule has 0 radical (unpaired) electrons. The number of ether oxygens (including phenoxy) is 1. The third-order valence-electron chi connectivity index (χ3n) is 2.37. The van der Waals surface area contributed by atoms with Crippen LogP contribution in [0.1, 0.15) is 6.92 Å². The minimum Gasteiger partial charge on any atom is -0.478 e. The molecule has 0 amide bonds. The number of carboxylic acid groups (broad SMARTS) is 1. The smallest absolute Gasteiger partial charge is 0.473 e. The summed E-state index contributed by atoms with van der Waals surface area (Å²) in [6.07, 6.45) is 1.05. The van der Waals surface area contributed by atoms with Gasteiger partial charge >= 0.3 is 19.8 Å². The Balaban J connectivity index is 4.62. The van der Waals surface area contributed by atoms with E-state index in [-0.39, 0.29) is 25.3 Å². The summed E-state index contributed by atoms with van der Waals surface area (Å²) in [6.45, 7) is 4.49. The molecule has 24 heavy (non-hydrogen) atoms. The number of hydrogen-bond acceptors (Lipinski definition) is 6. The summed E-state index contributed by atoms with van der Waals surface area (Å²) in [4.78, 5) is 31.4. The molecular formula is C14H25NO8P+. The number of hydrogen-bond donors (Lipinski definition) is 2. The van der Waals surface area contributed by atoms with Crippen molar-refractivity contribution < 1.29 is 42.4 Å². The van der Waals surface area contributed by atoms with Crippen LogP contribution in [0, 0.1) is 0 Å². The first-order valence-corrected chi connectivity index (χ1v) is 8.52. The van der Waals surface area contributed by atoms with E-state index in [4.69, 9.17) is 18.9 Å². The van der Waals surface area contributed by atoms with Gasteiger partial charge in [-0.15, -0.1) is 0 Å². The average Bonchev–Trinajstić information content (AvgIpc) is 2.38. The lowest BCUT2D eigenvalue weighted by atomic mass is 10.3. The lowest BCUT2D eigenvalue weighted by molar-refractivity contribution is -0.872. The van der Waals surface area contributed by atoms with Gasteiger partial charge in [-0.05, 0) is 13.0 Å². The van der Waals surface area contributed by atoms with Gasteiger partial charge in [-0.3, -0.25) is 9.05 Å². The number of nitrogens with zero attached hydrogens (tertiary/aromatic N) is 1. The summed E-state index contributed by atoms with van der Waals surface area (Å²) >= 11 is 0. The largest absolute Gasteiger partial charge is 0.478 e. The fourth-order valence-corrected chi connectivity index (χ4v) is 2.32. The normalized spacial score (nSPS) is 15.7. The number of quaternary nitrogens is 1. The molecule has 0 spiro atoms. The molecule has 138 valence electrons. The molecule has 0 aromatic rings. The molecule has 0 bridgehead atoms. The SMILES string of the molecule is C=C(C)C(=O)OCCOP(=O)(O)OC(C=CC(=O)O)C[N+](C)(C)C. The van der Waals surface area contributed by atoms with Gasteiger partial charge in [0.15, 0.2) is 0 Å². The molecule has 10 heteroatoms. The monoisotopic (exact) mass is 366 g/mol. The van der Waals surface area contributed by atoms with Crippen molar-refractivity contribution in [1.29, 1.82) is 0 Å². The molecule has 0 aromatic carbocycles. The molecule has 2 atom stereocenters. The van der Waals surface area contributed by atoms with Crippen molar-refractivity contribution in [3.05, 3.63) is 24.3 Å². The lowest BCUT2D eigenvalue weighted by Gasteiger charge is -2.28. The first kappa shape index (κ1) is 22.5. The first-order valence-electron chi connectivity index (χ1n) is 7.02. The van der Waals surface area contributed by atoms with Crippen LogP contribution in [0.3, 0.4) is 0 Å². The van der Waals surface area contributed by atoms with Gasteiger partial charge in [0.1, 0.15) is 19.3 Å². The molecule has 0 fully saturated rings. The zero-order chi connectivity index (χ0) is 19.0. The van der Waals surface area contributed by atoms with E-state index in [1.165, 1.54) is 13.0 Å². The maximum atomic E-state index is 11.9. The van der Waals surface area contributed by atoms with E-state index in [2.05, 4.69) is 6.58 Å². The third-order valence-corrected chi connectivity index (χ3v) is 3.42. The van der Waals surface area contributed by atoms with Gasteiger partial charge in [-0.25, -0.2) is 14.2 Å². The van der Waals surface area contributed by atoms with Crippen LogP contribution in [0.25, 0.3) is 0 Å². The average molecular weight is 366 g/mol. The van der Waals surface area contributed by atoms with Crippen molar-refractivity contribution in [2.75, 3.05) is 40.9 Å². The van der Waals surface area contributed by atoms with E-state index in [0.717, 1.165) is 6.08 Å². The Bertz CT molecular complexity index is 537. The molecule has 0 aliphatic heterocycles. The second kappa shape index (κ2) is 9.71. The van der Waals surface area contributed by atoms with Crippen molar-refractivity contribution in [3.8, 4) is 0 Å². The van der Waals surface area contributed by atoms with Crippen molar-refractivity contribution in [1.82, 2.24) is 0 Å². The standard InChI is InChI=1S/C14H24NO8P/c1-11(2)14(18)21-8-9-22-24(19,20)23-12(6-7-13(16)17)10-15(3,4)5/h6-7,12H,1,8-10H2,2-5H3,(H-,16,17,19,20)/p+1. The topological polar surface area (TPSA) is 119 Å². The van der Waals surface area contributed by atoms with Gasteiger partial charge in [0.05, 0.1) is 27.7 Å². The number of phosphoric acid groups is 1. The molecule has 0 saturated carbocycles. The Labute approximate surface area is 141 Å². The van der Waals surface area contributed by atoms with E-state index < -0.39 is 25.9 Å². The summed E-state index contributed by atoms with van der Waals surface area (Å²) < 4.78 is 26.7. The summed E-state index contributed by atoms with van der Waals surface area (Å²) in [7, 11) is 0.986. The summed E-state index contributed by atoms with van der Waals surface area (Å²) in [6, 6.07) is 0. The Morgan fingerprint density at radius 3 is 2.33 bits per heavy atom. The molecule has 0 aliphatic carbocycles. The van der Waals surface area contributed by atoms with Crippen LogP contribution in [0.15, 0.2) is 24.3 Å². The number of esters is 1. The van der Waals surface area contributed by atoms with Crippen LogP contribution in [0.4, 0.5) is 0 Å². The highest BCUT2D eigenvalue weighted by Crippen LogP contribution is 2.44. The van der Waals surface area contributed by atoms with E-state index in [9.17, 15) is 19.0 Å². The van der Waals surface area contributed by atoms with Gasteiger partial charge in [0.25, 0.3) is 0 Å². The Kier molecular flexibility index (Phi) is 9.09. The molecule has 0 heterocycles. The fourth-order valence-electron chi connectivity index (χ4n) is 1.47. The van der Waals surface area contributed by atoms with E-state index in [0.29, 0.717) is 4.48 Å². The number of aliphatic carboxylic acids is 1. The molecule has 2 unspecified atom stereocenters. The quantitative estimate of drug-likeness (QED) is 0.182. The second-order valence-electron chi connectivity index (χ2n) is 6.03. The van der Waals surface area contributed by atoms with Gasteiger partial charge in [-0.2, -0.15) is 0 Å². The summed E-state index contributed by atoms with van der Waals surface area (Å²) in [5, 5.41) is 8.66. The molecule has 0 rings (SSSR count). The molecule has 9 nitrogen and oxygen atoms in total. The lowest BCUT2D eigenvalue weighted by Crippen LogP contribution is -2.41. The predicted molar refractivity (Wildman–Crippen MR) is 86.1 cm³/mol. The molecular weight excluding hydrogens is 341 g/mol. The first-order chi connectivity index (χ1) is 10.8. The van der Waals surface area contributed by atoms with Crippen molar-refractivity contribution >= 4 is 19.8 Å². The highest BCUT2D eigenvalue weighted by atomic mass is 31.2. The summed E-state index contributed by atoms with van der Waals surface area (Å²) in [5.74, 6) is -1.84. The van der Waals surface area contributed by atoms with Crippen molar-refractivity contribution in [3.63, 3.8) is 0 Å². The maximum absolute atomic E-state index is 11.9.